The number of methoxy groups -OCH3 is 3. The summed E-state index contributed by atoms with van der Waals surface area (Å²) in [5, 5.41) is 11.4. The number of anilines is 1. The maximum absolute atomic E-state index is 12.7. The predicted molar refractivity (Wildman–Crippen MR) is 123 cm³/mol. The van der Waals surface area contributed by atoms with Crippen molar-refractivity contribution in [1.29, 1.82) is 0 Å². The van der Waals surface area contributed by atoms with Crippen LogP contribution in [0, 0.1) is 0 Å². The van der Waals surface area contributed by atoms with Gasteiger partial charge in [0.15, 0.2) is 11.5 Å². The van der Waals surface area contributed by atoms with Gasteiger partial charge < -0.3 is 19.5 Å². The van der Waals surface area contributed by atoms with Crippen molar-refractivity contribution < 1.29 is 19.0 Å². The number of fused-ring (bicyclic) bond motifs is 1. The molecule has 9 nitrogen and oxygen atoms in total. The van der Waals surface area contributed by atoms with E-state index in [0.29, 0.717) is 39.4 Å². The van der Waals surface area contributed by atoms with Crippen molar-refractivity contribution in [3.8, 4) is 17.2 Å². The number of hydrogen-bond acceptors (Lipinski definition) is 7. The number of aromatic nitrogens is 3. The highest BCUT2D eigenvalue weighted by molar-refractivity contribution is 6.04. The van der Waals surface area contributed by atoms with Gasteiger partial charge in [0.05, 0.1) is 33.3 Å². The molecule has 0 bridgehead atoms. The van der Waals surface area contributed by atoms with E-state index in [0.717, 1.165) is 5.56 Å². The number of nitrogens with one attached hydrogen (secondary N) is 1. The molecule has 1 heterocycles. The van der Waals surface area contributed by atoms with E-state index in [9.17, 15) is 9.59 Å². The zero-order valence-electron chi connectivity index (χ0n) is 18.4. The minimum absolute atomic E-state index is 0.218. The number of ether oxygens (including phenoxy) is 3. The Balaban J connectivity index is 1.51. The Labute approximate surface area is 189 Å². The lowest BCUT2D eigenvalue weighted by Crippen LogP contribution is -2.24. The molecule has 1 amide bonds. The van der Waals surface area contributed by atoms with Gasteiger partial charge in [0, 0.05) is 23.4 Å². The molecule has 1 N–H and O–H groups in total. The average Bonchev–Trinajstić information content (AvgIpc) is 2.85. The molecule has 0 saturated carbocycles. The zero-order valence-corrected chi connectivity index (χ0v) is 18.4. The molecule has 0 spiro atoms. The molecule has 0 aliphatic heterocycles. The van der Waals surface area contributed by atoms with Crippen LogP contribution in [0.5, 0.6) is 17.2 Å². The third kappa shape index (κ3) is 4.47. The van der Waals surface area contributed by atoms with Crippen LogP contribution in [-0.4, -0.2) is 42.2 Å². The lowest BCUT2D eigenvalue weighted by atomic mass is 10.1. The van der Waals surface area contributed by atoms with E-state index in [-0.39, 0.29) is 18.0 Å². The van der Waals surface area contributed by atoms with Crippen molar-refractivity contribution in [2.45, 2.75) is 6.54 Å². The van der Waals surface area contributed by atoms with Crippen molar-refractivity contribution in [3.05, 3.63) is 82.1 Å². The number of nitrogens with zero attached hydrogens (tertiary/aromatic N) is 3. The summed E-state index contributed by atoms with van der Waals surface area (Å²) < 4.78 is 17.2. The van der Waals surface area contributed by atoms with E-state index >= 15 is 0 Å². The second kappa shape index (κ2) is 9.39. The Morgan fingerprint density at radius 1 is 0.939 bits per heavy atom. The highest BCUT2D eigenvalue weighted by Crippen LogP contribution is 2.40. The molecule has 4 aromatic rings. The van der Waals surface area contributed by atoms with Crippen LogP contribution in [0.2, 0.25) is 0 Å². The van der Waals surface area contributed by atoms with Gasteiger partial charge in [-0.2, -0.15) is 0 Å². The smallest absolute Gasteiger partial charge is 0.277 e. The number of rotatable bonds is 7. The molecule has 3 aromatic carbocycles. The minimum Gasteiger partial charge on any atom is -0.493 e. The molecule has 4 rings (SSSR count). The fourth-order valence-corrected chi connectivity index (χ4v) is 3.42. The topological polar surface area (TPSA) is 105 Å². The van der Waals surface area contributed by atoms with Crippen molar-refractivity contribution in [2.24, 2.45) is 0 Å². The van der Waals surface area contributed by atoms with Gasteiger partial charge in [-0.15, -0.1) is 5.10 Å². The SMILES string of the molecule is COc1cc(NC(=O)c2ccc(Cn3nnc4ccccc4c3=O)cc2)cc(OC)c1OC. The standard InChI is InChI=1S/C24H22N4O5/c1-31-20-12-17(13-21(32-2)22(20)33-3)25-23(29)16-10-8-15(9-11-16)14-28-24(30)18-6-4-5-7-19(18)26-27-28/h4-13H,14H2,1-3H3,(H,25,29). The molecule has 0 unspecified atom stereocenters. The predicted octanol–water partition coefficient (Wildman–Crippen LogP) is 3.12. The van der Waals surface area contributed by atoms with Gasteiger partial charge in [-0.3, -0.25) is 9.59 Å². The number of amides is 1. The Bertz CT molecular complexity index is 1340. The molecular weight excluding hydrogens is 424 g/mol. The molecule has 33 heavy (non-hydrogen) atoms. The van der Waals surface area contributed by atoms with E-state index in [1.165, 1.54) is 26.0 Å². The monoisotopic (exact) mass is 446 g/mol. The van der Waals surface area contributed by atoms with Crippen LogP contribution in [0.25, 0.3) is 10.9 Å². The summed E-state index contributed by atoms with van der Waals surface area (Å²) in [7, 11) is 4.53. The third-order valence-corrected chi connectivity index (χ3v) is 5.10. The lowest BCUT2D eigenvalue weighted by molar-refractivity contribution is 0.102. The number of hydrogen-bond donors (Lipinski definition) is 1. The van der Waals surface area contributed by atoms with Crippen LogP contribution >= 0.6 is 0 Å². The van der Waals surface area contributed by atoms with Crippen molar-refractivity contribution in [3.63, 3.8) is 0 Å². The second-order valence-electron chi connectivity index (χ2n) is 7.13. The molecule has 0 aliphatic carbocycles. The van der Waals surface area contributed by atoms with Crippen LogP contribution < -0.4 is 25.1 Å². The number of carbonyl (C=O) groups is 1. The zero-order chi connectivity index (χ0) is 23.4. The summed E-state index contributed by atoms with van der Waals surface area (Å²) in [5.41, 5.74) is 2.09. The van der Waals surface area contributed by atoms with E-state index < -0.39 is 0 Å². The Morgan fingerprint density at radius 3 is 2.24 bits per heavy atom. The average molecular weight is 446 g/mol. The molecule has 168 valence electrons. The lowest BCUT2D eigenvalue weighted by Gasteiger charge is -2.14. The Kier molecular flexibility index (Phi) is 6.21. The summed E-state index contributed by atoms with van der Waals surface area (Å²) in [6.07, 6.45) is 0. The van der Waals surface area contributed by atoms with E-state index in [1.54, 1.807) is 54.6 Å². The molecule has 0 aliphatic rings. The first kappa shape index (κ1) is 21.8. The van der Waals surface area contributed by atoms with Crippen molar-refractivity contribution >= 4 is 22.5 Å². The fourth-order valence-electron chi connectivity index (χ4n) is 3.42. The Hall–Kier alpha value is -4.40. The molecule has 0 atom stereocenters. The molecule has 9 heteroatoms. The quantitative estimate of drug-likeness (QED) is 0.465. The van der Waals surface area contributed by atoms with Crippen LogP contribution in [0.1, 0.15) is 15.9 Å². The van der Waals surface area contributed by atoms with Gasteiger partial charge in [-0.05, 0) is 29.8 Å². The summed E-state index contributed by atoms with van der Waals surface area (Å²) in [4.78, 5) is 25.4. The van der Waals surface area contributed by atoms with Gasteiger partial charge in [-0.1, -0.05) is 29.5 Å². The summed E-state index contributed by atoms with van der Waals surface area (Å²) >= 11 is 0. The number of benzene rings is 3. The maximum Gasteiger partial charge on any atom is 0.277 e. The van der Waals surface area contributed by atoms with Gasteiger partial charge in [0.1, 0.15) is 5.52 Å². The summed E-state index contributed by atoms with van der Waals surface area (Å²) in [6, 6.07) is 17.3. The number of carbonyl (C=O) groups excluding carboxylic acids is 1. The third-order valence-electron chi connectivity index (χ3n) is 5.10. The molecular formula is C24H22N4O5. The van der Waals surface area contributed by atoms with E-state index in [2.05, 4.69) is 15.6 Å². The molecule has 0 saturated heterocycles. The van der Waals surface area contributed by atoms with Crippen LogP contribution in [-0.2, 0) is 6.54 Å². The van der Waals surface area contributed by atoms with Gasteiger partial charge in [0.2, 0.25) is 5.75 Å². The van der Waals surface area contributed by atoms with Gasteiger partial charge in [0.25, 0.3) is 11.5 Å². The Morgan fingerprint density at radius 2 is 1.61 bits per heavy atom. The van der Waals surface area contributed by atoms with Crippen molar-refractivity contribution in [1.82, 2.24) is 15.0 Å². The first-order valence-corrected chi connectivity index (χ1v) is 10.1. The largest absolute Gasteiger partial charge is 0.493 e. The fraction of sp³-hybridized carbons (Fsp3) is 0.167. The van der Waals surface area contributed by atoms with Crippen molar-refractivity contribution in [2.75, 3.05) is 26.6 Å². The first-order chi connectivity index (χ1) is 16.0. The molecule has 1 aromatic heterocycles. The molecule has 0 fully saturated rings. The highest BCUT2D eigenvalue weighted by Gasteiger charge is 2.15. The first-order valence-electron chi connectivity index (χ1n) is 10.1. The highest BCUT2D eigenvalue weighted by atomic mass is 16.5. The van der Waals surface area contributed by atoms with Crippen LogP contribution in [0.3, 0.4) is 0 Å². The summed E-state index contributed by atoms with van der Waals surface area (Å²) in [5.74, 6) is 1.00. The molecule has 0 radical (unpaired) electrons. The maximum atomic E-state index is 12.7. The van der Waals surface area contributed by atoms with Crippen LogP contribution in [0.15, 0.2) is 65.5 Å². The van der Waals surface area contributed by atoms with Gasteiger partial charge in [-0.25, -0.2) is 4.68 Å². The normalized spacial score (nSPS) is 10.6. The summed E-state index contributed by atoms with van der Waals surface area (Å²) in [6.45, 7) is 0.242. The van der Waals surface area contributed by atoms with E-state index in [4.69, 9.17) is 14.2 Å². The second-order valence-corrected chi connectivity index (χ2v) is 7.13. The van der Waals surface area contributed by atoms with Gasteiger partial charge >= 0.3 is 0 Å². The van der Waals surface area contributed by atoms with Crippen LogP contribution in [0.4, 0.5) is 5.69 Å². The van der Waals surface area contributed by atoms with E-state index in [1.807, 2.05) is 6.07 Å². The minimum atomic E-state index is -0.307.